The first-order valence-electron chi connectivity index (χ1n) is 10.6. The van der Waals surface area contributed by atoms with Crippen molar-refractivity contribution in [2.45, 2.75) is 31.8 Å². The summed E-state index contributed by atoms with van der Waals surface area (Å²) in [6.45, 7) is 4.41. The average Bonchev–Trinajstić information content (AvgIpc) is 2.81. The maximum atomic E-state index is 11.8. The Kier molecular flexibility index (Phi) is 8.25. The van der Waals surface area contributed by atoms with Crippen molar-refractivity contribution in [2.75, 3.05) is 13.2 Å². The normalized spacial score (nSPS) is 18.0. The molecule has 2 aromatic carbocycles. The second kappa shape index (κ2) is 11.1. The Labute approximate surface area is 194 Å². The number of benzene rings is 2. The first kappa shape index (κ1) is 25.2. The van der Waals surface area contributed by atoms with Crippen LogP contribution >= 0.6 is 0 Å². The Hall–Kier alpha value is -3.43. The molecule has 0 unspecified atom stereocenters. The van der Waals surface area contributed by atoms with Gasteiger partial charge < -0.3 is 19.7 Å². The van der Waals surface area contributed by atoms with Gasteiger partial charge in [-0.2, -0.15) is 13.2 Å². The molecule has 0 saturated carbocycles. The molecular weight excluding hydrogens is 449 g/mol. The van der Waals surface area contributed by atoms with E-state index in [0.29, 0.717) is 12.6 Å². The number of pyridine rings is 1. The number of nitrogens with one attached hydrogen (secondary N) is 1. The molecule has 9 heteroatoms. The van der Waals surface area contributed by atoms with Crippen LogP contribution in [0.4, 0.5) is 13.2 Å². The van der Waals surface area contributed by atoms with Gasteiger partial charge in [0.25, 0.3) is 5.56 Å². The number of carbonyl (C=O) groups is 1. The van der Waals surface area contributed by atoms with Crippen molar-refractivity contribution in [2.24, 2.45) is 0 Å². The molecule has 34 heavy (non-hydrogen) atoms. The number of morpholine rings is 1. The van der Waals surface area contributed by atoms with Gasteiger partial charge >= 0.3 is 12.1 Å². The van der Waals surface area contributed by atoms with Crippen molar-refractivity contribution in [3.05, 3.63) is 94.4 Å². The monoisotopic (exact) mass is 474 g/mol. The molecule has 2 heterocycles. The number of hydrogen-bond acceptors (Lipinski definition) is 4. The molecule has 0 spiro atoms. The number of nitrogens with zero attached hydrogens (tertiary/aromatic N) is 1. The molecule has 0 radical (unpaired) electrons. The van der Waals surface area contributed by atoms with Gasteiger partial charge in [-0.15, -0.1) is 0 Å². The SMILES string of the molecule is C[C@@H]1NCCO[C@H]1c1ccc(-c2ccc(Cn3ccccc3=O)cc2)cc1.O=C(O)C(F)(F)F. The third-order valence-corrected chi connectivity index (χ3v) is 5.34. The van der Waals surface area contributed by atoms with Gasteiger partial charge in [0.05, 0.1) is 19.3 Å². The van der Waals surface area contributed by atoms with E-state index in [4.69, 9.17) is 14.6 Å². The molecule has 1 aromatic heterocycles. The predicted octanol–water partition coefficient (Wildman–Crippen LogP) is 4.25. The molecule has 1 saturated heterocycles. The van der Waals surface area contributed by atoms with Gasteiger partial charge in [0.2, 0.25) is 0 Å². The number of aliphatic carboxylic acids is 1. The molecule has 180 valence electrons. The summed E-state index contributed by atoms with van der Waals surface area (Å²) in [5, 5.41) is 10.6. The summed E-state index contributed by atoms with van der Waals surface area (Å²) in [6, 6.07) is 22.5. The average molecular weight is 474 g/mol. The minimum absolute atomic E-state index is 0.0193. The fourth-order valence-corrected chi connectivity index (χ4v) is 3.56. The van der Waals surface area contributed by atoms with Crippen LogP contribution in [-0.2, 0) is 16.1 Å². The summed E-state index contributed by atoms with van der Waals surface area (Å²) in [7, 11) is 0. The first-order chi connectivity index (χ1) is 16.1. The highest BCUT2D eigenvalue weighted by atomic mass is 19.4. The number of hydrogen-bond donors (Lipinski definition) is 2. The van der Waals surface area contributed by atoms with Crippen molar-refractivity contribution in [3.63, 3.8) is 0 Å². The number of aromatic nitrogens is 1. The van der Waals surface area contributed by atoms with Crippen LogP contribution < -0.4 is 10.9 Å². The Balaban J connectivity index is 0.000000406. The van der Waals surface area contributed by atoms with Crippen molar-refractivity contribution in [1.82, 2.24) is 9.88 Å². The van der Waals surface area contributed by atoms with Crippen LogP contribution in [0.3, 0.4) is 0 Å². The highest BCUT2D eigenvalue weighted by molar-refractivity contribution is 5.73. The van der Waals surface area contributed by atoms with Crippen LogP contribution in [0.25, 0.3) is 11.1 Å². The fraction of sp³-hybridized carbons (Fsp3) is 0.280. The highest BCUT2D eigenvalue weighted by Gasteiger charge is 2.38. The standard InChI is InChI=1S/C23H24N2O2.C2HF3O2/c1-17-23(27-15-13-24-17)21-11-9-20(10-12-21)19-7-5-18(6-8-19)16-25-14-3-2-4-22(25)26;3-2(4,5)1(6)7/h2-12,14,17,23-24H,13,15-16H2,1H3;(H,6,7)/t17-,23+;/m0./s1. The van der Waals surface area contributed by atoms with E-state index in [1.54, 1.807) is 16.7 Å². The minimum Gasteiger partial charge on any atom is -0.475 e. The summed E-state index contributed by atoms with van der Waals surface area (Å²) in [5.74, 6) is -2.76. The maximum Gasteiger partial charge on any atom is 0.490 e. The zero-order valence-electron chi connectivity index (χ0n) is 18.5. The van der Waals surface area contributed by atoms with E-state index in [1.807, 2.05) is 12.3 Å². The van der Waals surface area contributed by atoms with E-state index >= 15 is 0 Å². The van der Waals surface area contributed by atoms with Crippen molar-refractivity contribution in [3.8, 4) is 11.1 Å². The van der Waals surface area contributed by atoms with Gasteiger partial charge in [0, 0.05) is 24.8 Å². The molecule has 2 N–H and O–H groups in total. The molecule has 0 bridgehead atoms. The molecule has 2 atom stereocenters. The van der Waals surface area contributed by atoms with E-state index in [-0.39, 0.29) is 11.7 Å². The summed E-state index contributed by atoms with van der Waals surface area (Å²) in [4.78, 5) is 20.7. The van der Waals surface area contributed by atoms with Crippen LogP contribution in [0.2, 0.25) is 0 Å². The number of rotatable bonds is 4. The largest absolute Gasteiger partial charge is 0.490 e. The molecule has 0 amide bonds. The summed E-state index contributed by atoms with van der Waals surface area (Å²) >= 11 is 0. The van der Waals surface area contributed by atoms with Crippen molar-refractivity contribution >= 4 is 5.97 Å². The molecule has 3 aromatic rings. The summed E-state index contributed by atoms with van der Waals surface area (Å²) < 4.78 is 39.4. The molecule has 4 rings (SSSR count). The maximum absolute atomic E-state index is 11.8. The summed E-state index contributed by atoms with van der Waals surface area (Å²) in [5.41, 5.74) is 4.68. The fourth-order valence-electron chi connectivity index (χ4n) is 3.56. The highest BCUT2D eigenvalue weighted by Crippen LogP contribution is 2.27. The molecule has 0 aliphatic carbocycles. The Morgan fingerprint density at radius 2 is 1.65 bits per heavy atom. The lowest BCUT2D eigenvalue weighted by atomic mass is 9.98. The lowest BCUT2D eigenvalue weighted by Crippen LogP contribution is -2.41. The van der Waals surface area contributed by atoms with Crippen molar-refractivity contribution in [1.29, 1.82) is 0 Å². The van der Waals surface area contributed by atoms with Crippen LogP contribution in [0, 0.1) is 0 Å². The quantitative estimate of drug-likeness (QED) is 0.591. The molecule has 1 aliphatic rings. The number of carboxylic acid groups (broad SMARTS) is 1. The lowest BCUT2D eigenvalue weighted by molar-refractivity contribution is -0.192. The van der Waals surface area contributed by atoms with E-state index in [0.717, 1.165) is 18.7 Å². The van der Waals surface area contributed by atoms with Gasteiger partial charge in [-0.25, -0.2) is 4.79 Å². The van der Waals surface area contributed by atoms with Crippen LogP contribution in [0.5, 0.6) is 0 Å². The Morgan fingerprint density at radius 3 is 2.18 bits per heavy atom. The predicted molar refractivity (Wildman–Crippen MR) is 122 cm³/mol. The van der Waals surface area contributed by atoms with Crippen LogP contribution in [0.15, 0.2) is 77.7 Å². The van der Waals surface area contributed by atoms with Gasteiger partial charge in [0.1, 0.15) is 0 Å². The molecular formula is C25H25F3N2O4. The zero-order chi connectivity index (χ0) is 24.7. The van der Waals surface area contributed by atoms with E-state index < -0.39 is 12.1 Å². The van der Waals surface area contributed by atoms with E-state index in [2.05, 4.69) is 60.8 Å². The zero-order valence-corrected chi connectivity index (χ0v) is 18.5. The third kappa shape index (κ3) is 6.79. The first-order valence-corrected chi connectivity index (χ1v) is 10.6. The second-order valence-electron chi connectivity index (χ2n) is 7.82. The minimum atomic E-state index is -5.08. The Bertz CT molecular complexity index is 1140. The van der Waals surface area contributed by atoms with Crippen molar-refractivity contribution < 1.29 is 27.8 Å². The van der Waals surface area contributed by atoms with E-state index in [9.17, 15) is 18.0 Å². The Morgan fingerprint density at radius 1 is 1.06 bits per heavy atom. The van der Waals surface area contributed by atoms with Gasteiger partial charge in [0.15, 0.2) is 0 Å². The molecule has 1 aliphatic heterocycles. The summed E-state index contributed by atoms with van der Waals surface area (Å²) in [6.07, 6.45) is -3.16. The van der Waals surface area contributed by atoms with Gasteiger partial charge in [-0.05, 0) is 35.2 Å². The number of alkyl halides is 3. The van der Waals surface area contributed by atoms with Gasteiger partial charge in [-0.1, -0.05) is 54.6 Å². The van der Waals surface area contributed by atoms with E-state index in [1.165, 1.54) is 16.7 Å². The number of ether oxygens (including phenoxy) is 1. The van der Waals surface area contributed by atoms with Crippen LogP contribution in [-0.4, -0.2) is 41.0 Å². The topological polar surface area (TPSA) is 80.6 Å². The molecule has 6 nitrogen and oxygen atoms in total. The van der Waals surface area contributed by atoms with Crippen LogP contribution in [0.1, 0.15) is 24.2 Å². The second-order valence-corrected chi connectivity index (χ2v) is 7.82. The van der Waals surface area contributed by atoms with Gasteiger partial charge in [-0.3, -0.25) is 4.79 Å². The number of halogens is 3. The lowest BCUT2D eigenvalue weighted by Gasteiger charge is -2.30. The molecule has 1 fully saturated rings. The number of carboxylic acids is 1. The third-order valence-electron chi connectivity index (χ3n) is 5.34. The smallest absolute Gasteiger partial charge is 0.475 e.